The monoisotopic (exact) mass is 277 g/mol. The topological polar surface area (TPSA) is 85.2 Å². The summed E-state index contributed by atoms with van der Waals surface area (Å²) < 4.78 is 18.4. The van der Waals surface area contributed by atoms with Gasteiger partial charge < -0.3 is 15.4 Å². The van der Waals surface area contributed by atoms with Crippen molar-refractivity contribution < 1.29 is 14.0 Å². The number of rotatable bonds is 2. The molecular weight excluding hydrogens is 269 g/mol. The zero-order chi connectivity index (χ0) is 13.4. The maximum atomic E-state index is 13.3. The van der Waals surface area contributed by atoms with Crippen molar-refractivity contribution in [2.75, 3.05) is 5.73 Å². The molecule has 19 heavy (non-hydrogen) atoms. The zero-order valence-electron chi connectivity index (χ0n) is 9.50. The van der Waals surface area contributed by atoms with Crippen molar-refractivity contribution in [2.24, 2.45) is 0 Å². The van der Waals surface area contributed by atoms with Crippen molar-refractivity contribution in [3.63, 3.8) is 0 Å². The van der Waals surface area contributed by atoms with Crippen LogP contribution in [0.4, 0.5) is 10.1 Å². The lowest BCUT2D eigenvalue weighted by Gasteiger charge is -1.96. The predicted molar refractivity (Wildman–Crippen MR) is 69.1 cm³/mol. The summed E-state index contributed by atoms with van der Waals surface area (Å²) in [4.78, 5) is 4.84. The van der Waals surface area contributed by atoms with Crippen LogP contribution in [0.5, 0.6) is 5.75 Å². The van der Waals surface area contributed by atoms with Gasteiger partial charge in [0, 0.05) is 5.56 Å². The molecule has 96 valence electrons. The number of halogens is 1. The summed E-state index contributed by atoms with van der Waals surface area (Å²) in [5, 5.41) is 14.7. The van der Waals surface area contributed by atoms with Gasteiger partial charge in [-0.05, 0) is 29.6 Å². The first kappa shape index (κ1) is 11.7. The third-order valence-electron chi connectivity index (χ3n) is 2.52. The van der Waals surface area contributed by atoms with E-state index in [4.69, 9.17) is 15.4 Å². The molecule has 0 aliphatic carbocycles. The van der Waals surface area contributed by atoms with Crippen LogP contribution >= 0.6 is 11.3 Å². The minimum Gasteiger partial charge on any atom is -0.505 e. The fraction of sp³-hybridized carbons (Fsp3) is 0. The Kier molecular flexibility index (Phi) is 2.68. The first-order valence-electron chi connectivity index (χ1n) is 5.31. The largest absolute Gasteiger partial charge is 0.505 e. The smallest absolute Gasteiger partial charge is 0.270 e. The normalized spacial score (nSPS) is 10.8. The molecule has 0 amide bonds. The highest BCUT2D eigenvalue weighted by atomic mass is 32.1. The molecule has 0 atom stereocenters. The van der Waals surface area contributed by atoms with Gasteiger partial charge in [-0.2, -0.15) is 4.98 Å². The highest BCUT2D eigenvalue weighted by Gasteiger charge is 2.15. The molecule has 5 nitrogen and oxygen atoms in total. The molecule has 3 aromatic rings. The van der Waals surface area contributed by atoms with Crippen molar-refractivity contribution in [1.29, 1.82) is 0 Å². The Balaban J connectivity index is 2.01. The van der Waals surface area contributed by atoms with E-state index in [2.05, 4.69) is 10.1 Å². The first-order valence-corrected chi connectivity index (χ1v) is 6.19. The van der Waals surface area contributed by atoms with Crippen LogP contribution in [0, 0.1) is 5.82 Å². The van der Waals surface area contributed by atoms with Gasteiger partial charge in [-0.15, -0.1) is 11.3 Å². The quantitative estimate of drug-likeness (QED) is 0.752. The van der Waals surface area contributed by atoms with E-state index in [1.807, 2.05) is 5.38 Å². The van der Waals surface area contributed by atoms with Crippen molar-refractivity contribution in [3.8, 4) is 27.9 Å². The average Bonchev–Trinajstić information content (AvgIpc) is 3.01. The first-order chi connectivity index (χ1) is 9.15. The number of phenols is 1. The number of anilines is 1. The maximum absolute atomic E-state index is 13.3. The summed E-state index contributed by atoms with van der Waals surface area (Å²) in [7, 11) is 0. The van der Waals surface area contributed by atoms with Crippen LogP contribution < -0.4 is 5.73 Å². The number of nitrogen functional groups attached to an aromatic ring is 1. The second-order valence-electron chi connectivity index (χ2n) is 3.79. The van der Waals surface area contributed by atoms with Crippen LogP contribution in [-0.4, -0.2) is 15.2 Å². The Morgan fingerprint density at radius 3 is 2.84 bits per heavy atom. The van der Waals surface area contributed by atoms with E-state index in [1.54, 1.807) is 6.07 Å². The lowest BCUT2D eigenvalue weighted by atomic mass is 10.2. The second-order valence-corrected chi connectivity index (χ2v) is 4.71. The van der Waals surface area contributed by atoms with Gasteiger partial charge in [0.2, 0.25) is 5.82 Å². The van der Waals surface area contributed by atoms with Crippen LogP contribution in [0.15, 0.2) is 34.2 Å². The summed E-state index contributed by atoms with van der Waals surface area (Å²) in [5.41, 5.74) is 6.72. The van der Waals surface area contributed by atoms with Crippen molar-refractivity contribution in [2.45, 2.75) is 0 Å². The Labute approximate surface area is 111 Å². The van der Waals surface area contributed by atoms with Gasteiger partial charge in [0.05, 0.1) is 5.69 Å². The number of aromatic hydroxyl groups is 1. The number of nitrogens with two attached hydrogens (primary N) is 1. The van der Waals surface area contributed by atoms with E-state index in [0.29, 0.717) is 16.1 Å². The third-order valence-corrected chi connectivity index (χ3v) is 3.44. The molecule has 1 aromatic carbocycles. The number of hydrogen-bond donors (Lipinski definition) is 2. The lowest BCUT2D eigenvalue weighted by Crippen LogP contribution is -1.85. The van der Waals surface area contributed by atoms with E-state index in [-0.39, 0.29) is 11.7 Å². The van der Waals surface area contributed by atoms with Gasteiger partial charge in [0.25, 0.3) is 5.89 Å². The molecule has 0 radical (unpaired) electrons. The SMILES string of the molecule is Nc1ccsc1-c1nc(-c2ccc(O)c(F)c2)no1. The molecule has 7 heteroatoms. The van der Waals surface area contributed by atoms with Gasteiger partial charge in [-0.1, -0.05) is 5.16 Å². The van der Waals surface area contributed by atoms with Gasteiger partial charge in [-0.3, -0.25) is 0 Å². The van der Waals surface area contributed by atoms with E-state index >= 15 is 0 Å². The van der Waals surface area contributed by atoms with Crippen LogP contribution in [-0.2, 0) is 0 Å². The highest BCUT2D eigenvalue weighted by molar-refractivity contribution is 7.14. The number of nitrogens with zero attached hydrogens (tertiary/aromatic N) is 2. The third kappa shape index (κ3) is 2.04. The zero-order valence-corrected chi connectivity index (χ0v) is 10.3. The Morgan fingerprint density at radius 1 is 1.32 bits per heavy atom. The van der Waals surface area contributed by atoms with Crippen LogP contribution in [0.2, 0.25) is 0 Å². The molecule has 2 aromatic heterocycles. The van der Waals surface area contributed by atoms with E-state index in [1.165, 1.54) is 23.5 Å². The lowest BCUT2D eigenvalue weighted by molar-refractivity contribution is 0.430. The Morgan fingerprint density at radius 2 is 2.16 bits per heavy atom. The van der Waals surface area contributed by atoms with Crippen LogP contribution in [0.1, 0.15) is 0 Å². The number of hydrogen-bond acceptors (Lipinski definition) is 6. The van der Waals surface area contributed by atoms with Gasteiger partial charge in [-0.25, -0.2) is 4.39 Å². The maximum Gasteiger partial charge on any atom is 0.270 e. The predicted octanol–water partition coefficient (Wildman–Crippen LogP) is 2.89. The molecule has 0 fully saturated rings. The summed E-state index contributed by atoms with van der Waals surface area (Å²) in [6.07, 6.45) is 0. The second kappa shape index (κ2) is 4.36. The van der Waals surface area contributed by atoms with Crippen LogP contribution in [0.3, 0.4) is 0 Å². The molecule has 0 bridgehead atoms. The van der Waals surface area contributed by atoms with E-state index in [9.17, 15) is 4.39 Å². The van der Waals surface area contributed by atoms with Gasteiger partial charge in [0.15, 0.2) is 11.6 Å². The molecule has 0 aliphatic rings. The molecule has 0 saturated carbocycles. The van der Waals surface area contributed by atoms with Gasteiger partial charge >= 0.3 is 0 Å². The number of phenolic OH excluding ortho intramolecular Hbond substituents is 1. The number of benzene rings is 1. The Bertz CT molecular complexity index is 738. The highest BCUT2D eigenvalue weighted by Crippen LogP contribution is 2.32. The summed E-state index contributed by atoms with van der Waals surface area (Å²) in [5.74, 6) is -0.632. The van der Waals surface area contributed by atoms with E-state index in [0.717, 1.165) is 6.07 Å². The van der Waals surface area contributed by atoms with Crippen molar-refractivity contribution in [3.05, 3.63) is 35.5 Å². The summed E-state index contributed by atoms with van der Waals surface area (Å²) in [6, 6.07) is 5.62. The Hall–Kier alpha value is -2.41. The minimum atomic E-state index is -0.737. The van der Waals surface area contributed by atoms with Crippen molar-refractivity contribution >= 4 is 17.0 Å². The molecule has 2 heterocycles. The molecule has 3 N–H and O–H groups in total. The standard InChI is InChI=1S/C12H8FN3O2S/c13-7-5-6(1-2-9(7)17)11-15-12(18-16-11)10-8(14)3-4-19-10/h1-5,17H,14H2. The molecule has 0 aliphatic heterocycles. The number of aromatic nitrogens is 2. The number of thiophene rings is 1. The summed E-state index contributed by atoms with van der Waals surface area (Å²) in [6.45, 7) is 0. The fourth-order valence-electron chi connectivity index (χ4n) is 1.57. The average molecular weight is 277 g/mol. The van der Waals surface area contributed by atoms with Crippen molar-refractivity contribution in [1.82, 2.24) is 10.1 Å². The van der Waals surface area contributed by atoms with Gasteiger partial charge in [0.1, 0.15) is 4.88 Å². The molecular formula is C12H8FN3O2S. The van der Waals surface area contributed by atoms with Crippen LogP contribution in [0.25, 0.3) is 22.2 Å². The summed E-state index contributed by atoms with van der Waals surface area (Å²) >= 11 is 1.38. The van der Waals surface area contributed by atoms with E-state index < -0.39 is 11.6 Å². The molecule has 0 saturated heterocycles. The minimum absolute atomic E-state index is 0.238. The fourth-order valence-corrected chi connectivity index (χ4v) is 2.31. The molecule has 0 spiro atoms. The molecule has 3 rings (SSSR count). The molecule has 0 unspecified atom stereocenters.